The maximum atomic E-state index is 6.03. The van der Waals surface area contributed by atoms with E-state index < -0.39 is 0 Å². The second-order valence-electron chi connectivity index (χ2n) is 4.48. The first-order valence-corrected chi connectivity index (χ1v) is 6.79. The van der Waals surface area contributed by atoms with Gasteiger partial charge < -0.3 is 4.74 Å². The zero-order chi connectivity index (χ0) is 13.7. The lowest BCUT2D eigenvalue weighted by molar-refractivity contribution is 0.00277. The molecule has 0 heterocycles. The highest BCUT2D eigenvalue weighted by Crippen LogP contribution is 2.29. The number of halogens is 2. The van der Waals surface area contributed by atoms with Gasteiger partial charge in [-0.1, -0.05) is 43.1 Å². The van der Waals surface area contributed by atoms with E-state index in [9.17, 15) is 0 Å². The van der Waals surface area contributed by atoms with Crippen LogP contribution in [-0.4, -0.2) is 12.7 Å². The maximum Gasteiger partial charge on any atom is 0.0805 e. The average Bonchev–Trinajstić information content (AvgIpc) is 2.33. The van der Waals surface area contributed by atoms with Gasteiger partial charge >= 0.3 is 0 Å². The van der Waals surface area contributed by atoms with E-state index in [1.54, 1.807) is 6.07 Å². The van der Waals surface area contributed by atoms with Crippen LogP contribution in [0.25, 0.3) is 0 Å². The van der Waals surface area contributed by atoms with Crippen LogP contribution in [0.4, 0.5) is 0 Å². The van der Waals surface area contributed by atoms with Crippen LogP contribution < -0.4 is 11.3 Å². The van der Waals surface area contributed by atoms with Crippen molar-refractivity contribution in [3.8, 4) is 0 Å². The van der Waals surface area contributed by atoms with E-state index in [1.165, 1.54) is 0 Å². The zero-order valence-electron chi connectivity index (χ0n) is 10.9. The molecule has 0 fully saturated rings. The smallest absolute Gasteiger partial charge is 0.0805 e. The van der Waals surface area contributed by atoms with E-state index >= 15 is 0 Å². The molecule has 1 aromatic carbocycles. The highest BCUT2D eigenvalue weighted by molar-refractivity contribution is 6.42. The topological polar surface area (TPSA) is 47.3 Å². The Kier molecular flexibility index (Phi) is 6.39. The summed E-state index contributed by atoms with van der Waals surface area (Å²) in [5.41, 5.74) is 3.78. The van der Waals surface area contributed by atoms with E-state index in [4.69, 9.17) is 33.8 Å². The number of benzene rings is 1. The van der Waals surface area contributed by atoms with Crippen molar-refractivity contribution in [2.75, 3.05) is 6.61 Å². The van der Waals surface area contributed by atoms with Crippen LogP contribution in [0.1, 0.15) is 32.4 Å². The predicted molar refractivity (Wildman–Crippen MR) is 76.8 cm³/mol. The van der Waals surface area contributed by atoms with Gasteiger partial charge in [0.15, 0.2) is 0 Å². The van der Waals surface area contributed by atoms with Crippen LogP contribution in [0.3, 0.4) is 0 Å². The van der Waals surface area contributed by atoms with Gasteiger partial charge in [0.25, 0.3) is 0 Å². The highest BCUT2D eigenvalue weighted by Gasteiger charge is 2.26. The molecule has 0 amide bonds. The molecule has 0 aliphatic carbocycles. The Morgan fingerprint density at radius 2 is 1.94 bits per heavy atom. The molecule has 0 aromatic heterocycles. The van der Waals surface area contributed by atoms with Crippen LogP contribution in [0.2, 0.25) is 10.0 Å². The Labute approximate surface area is 119 Å². The van der Waals surface area contributed by atoms with Crippen LogP contribution >= 0.6 is 23.2 Å². The largest absolute Gasteiger partial charge is 0.376 e. The molecule has 3 N–H and O–H groups in total. The second kappa shape index (κ2) is 7.31. The van der Waals surface area contributed by atoms with E-state index in [0.29, 0.717) is 22.6 Å². The highest BCUT2D eigenvalue weighted by atomic mass is 35.5. The van der Waals surface area contributed by atoms with Gasteiger partial charge in [-0.15, -0.1) is 0 Å². The number of nitrogens with one attached hydrogen (secondary N) is 1. The van der Waals surface area contributed by atoms with Gasteiger partial charge in [-0.25, -0.2) is 0 Å². The minimum atomic E-state index is -0.111. The minimum Gasteiger partial charge on any atom is -0.376 e. The van der Waals surface area contributed by atoms with Crippen molar-refractivity contribution in [1.82, 2.24) is 5.43 Å². The Balaban J connectivity index is 3.02. The molecule has 18 heavy (non-hydrogen) atoms. The molecule has 0 radical (unpaired) electrons. The molecule has 0 saturated heterocycles. The first-order valence-electron chi connectivity index (χ1n) is 6.03. The van der Waals surface area contributed by atoms with E-state index in [0.717, 1.165) is 5.56 Å². The van der Waals surface area contributed by atoms with Crippen molar-refractivity contribution in [2.45, 2.75) is 32.9 Å². The van der Waals surface area contributed by atoms with Gasteiger partial charge in [0.2, 0.25) is 0 Å². The van der Waals surface area contributed by atoms with Crippen molar-refractivity contribution in [2.24, 2.45) is 11.8 Å². The summed E-state index contributed by atoms with van der Waals surface area (Å²) in [6, 6.07) is 5.39. The summed E-state index contributed by atoms with van der Waals surface area (Å²) in [5.74, 6) is 5.99. The van der Waals surface area contributed by atoms with Crippen molar-refractivity contribution in [3.63, 3.8) is 0 Å². The van der Waals surface area contributed by atoms with Gasteiger partial charge in [-0.05, 0) is 30.5 Å². The van der Waals surface area contributed by atoms with E-state index in [-0.39, 0.29) is 12.1 Å². The molecule has 1 aromatic rings. The number of ether oxygens (including phenoxy) is 1. The van der Waals surface area contributed by atoms with Crippen LogP contribution in [0.5, 0.6) is 0 Å². The van der Waals surface area contributed by atoms with Gasteiger partial charge in [-0.2, -0.15) is 0 Å². The summed E-state index contributed by atoms with van der Waals surface area (Å²) in [6.07, 6.45) is -0.0164. The number of hydrogen-bond acceptors (Lipinski definition) is 3. The van der Waals surface area contributed by atoms with Crippen LogP contribution in [0.15, 0.2) is 18.2 Å². The molecular formula is C13H20Cl2N2O. The molecule has 0 saturated carbocycles. The number of hydrazine groups is 1. The summed E-state index contributed by atoms with van der Waals surface area (Å²) in [5, 5.41) is 1.06. The minimum absolute atomic E-state index is 0.0164. The quantitative estimate of drug-likeness (QED) is 0.622. The zero-order valence-corrected chi connectivity index (χ0v) is 12.4. The Bertz CT molecular complexity index is 385. The summed E-state index contributed by atoms with van der Waals surface area (Å²) in [4.78, 5) is 0. The molecule has 2 atom stereocenters. The fraction of sp³-hybridized carbons (Fsp3) is 0.538. The molecule has 2 unspecified atom stereocenters. The first kappa shape index (κ1) is 15.7. The van der Waals surface area contributed by atoms with E-state index in [2.05, 4.69) is 19.3 Å². The van der Waals surface area contributed by atoms with E-state index in [1.807, 2.05) is 19.1 Å². The molecule has 0 aliphatic heterocycles. The SMILES string of the molecule is CCOC(C(C)C)C(NN)c1ccc(Cl)c(Cl)c1. The molecule has 0 spiro atoms. The molecule has 0 bridgehead atoms. The third-order valence-electron chi connectivity index (χ3n) is 2.83. The van der Waals surface area contributed by atoms with Crippen LogP contribution in [-0.2, 0) is 4.74 Å². The lowest BCUT2D eigenvalue weighted by Crippen LogP contribution is -2.40. The predicted octanol–water partition coefficient (Wildman–Crippen LogP) is 3.56. The third-order valence-corrected chi connectivity index (χ3v) is 3.57. The standard InChI is InChI=1S/C13H20Cl2N2O/c1-4-18-13(8(2)3)12(17-16)9-5-6-10(14)11(15)7-9/h5-8,12-13,17H,4,16H2,1-3H3. The van der Waals surface area contributed by atoms with Gasteiger partial charge in [-0.3, -0.25) is 11.3 Å². The first-order chi connectivity index (χ1) is 8.51. The molecule has 0 aliphatic rings. The maximum absolute atomic E-state index is 6.03. The molecular weight excluding hydrogens is 271 g/mol. The van der Waals surface area contributed by atoms with Crippen molar-refractivity contribution < 1.29 is 4.74 Å². The monoisotopic (exact) mass is 290 g/mol. The molecule has 5 heteroatoms. The van der Waals surface area contributed by atoms with Gasteiger partial charge in [0, 0.05) is 6.61 Å². The average molecular weight is 291 g/mol. The summed E-state index contributed by atoms with van der Waals surface area (Å²) >= 11 is 12.0. The number of nitrogens with two attached hydrogens (primary N) is 1. The molecule has 3 nitrogen and oxygen atoms in total. The lowest BCUT2D eigenvalue weighted by atomic mass is 9.94. The Morgan fingerprint density at radius 1 is 1.28 bits per heavy atom. The number of rotatable bonds is 6. The molecule has 1 rings (SSSR count). The Hall–Kier alpha value is -0.320. The summed E-state index contributed by atoms with van der Waals surface area (Å²) in [6.45, 7) is 6.81. The Morgan fingerprint density at radius 3 is 2.39 bits per heavy atom. The van der Waals surface area contributed by atoms with Gasteiger partial charge in [0.1, 0.15) is 0 Å². The summed E-state index contributed by atoms with van der Waals surface area (Å²) < 4.78 is 5.76. The normalized spacial score (nSPS) is 14.8. The fourth-order valence-electron chi connectivity index (χ4n) is 1.95. The lowest BCUT2D eigenvalue weighted by Gasteiger charge is -2.30. The van der Waals surface area contributed by atoms with Crippen molar-refractivity contribution in [1.29, 1.82) is 0 Å². The number of hydrogen-bond donors (Lipinski definition) is 2. The van der Waals surface area contributed by atoms with Crippen LogP contribution in [0, 0.1) is 5.92 Å². The second-order valence-corrected chi connectivity index (χ2v) is 5.30. The molecule has 102 valence electrons. The van der Waals surface area contributed by atoms with Gasteiger partial charge in [0.05, 0.1) is 22.2 Å². The third kappa shape index (κ3) is 3.84. The summed E-state index contributed by atoms with van der Waals surface area (Å²) in [7, 11) is 0. The fourth-order valence-corrected chi connectivity index (χ4v) is 2.26. The van der Waals surface area contributed by atoms with Crippen molar-refractivity contribution in [3.05, 3.63) is 33.8 Å². The van der Waals surface area contributed by atoms with Crippen molar-refractivity contribution >= 4 is 23.2 Å².